The van der Waals surface area contributed by atoms with Gasteiger partial charge in [0.2, 0.25) is 0 Å². The molecule has 4 heteroatoms. The van der Waals surface area contributed by atoms with Crippen LogP contribution in [0.2, 0.25) is 5.02 Å². The van der Waals surface area contributed by atoms with E-state index < -0.39 is 0 Å². The number of benzene rings is 1. The van der Waals surface area contributed by atoms with Gasteiger partial charge in [-0.25, -0.2) is 0 Å². The maximum absolute atomic E-state index is 12.0. The molecule has 1 heterocycles. The number of hydrogen-bond acceptors (Lipinski definition) is 2. The second kappa shape index (κ2) is 4.99. The van der Waals surface area contributed by atoms with Gasteiger partial charge in [0.15, 0.2) is 0 Å². The van der Waals surface area contributed by atoms with Crippen LogP contribution in [-0.2, 0) is 5.41 Å². The van der Waals surface area contributed by atoms with Gasteiger partial charge in [0.25, 0.3) is 5.91 Å². The average molecular weight is 292 g/mol. The number of halogens is 1. The topological polar surface area (TPSA) is 29.1 Å². The number of thiophene rings is 1. The van der Waals surface area contributed by atoms with Gasteiger partial charge in [-0.3, -0.25) is 4.79 Å². The molecule has 1 amide bonds. The van der Waals surface area contributed by atoms with Crippen LogP contribution >= 0.6 is 22.9 Å². The number of nitrogens with one attached hydrogen (secondary N) is 1. The standard InChI is InChI=1S/C15H14ClNOS/c16-12-5-3-11(4-6-12)14(18)17-10-15(7-8-15)13-2-1-9-19-13/h1-6,9H,7-8,10H2,(H,17,18). The molecule has 0 spiro atoms. The van der Waals surface area contributed by atoms with Crippen LogP contribution in [0, 0.1) is 0 Å². The predicted molar refractivity (Wildman–Crippen MR) is 79.0 cm³/mol. The lowest BCUT2D eigenvalue weighted by Crippen LogP contribution is -2.31. The highest BCUT2D eigenvalue weighted by molar-refractivity contribution is 7.10. The summed E-state index contributed by atoms with van der Waals surface area (Å²) in [7, 11) is 0. The molecule has 1 aliphatic rings. The molecule has 98 valence electrons. The van der Waals surface area contributed by atoms with Crippen molar-refractivity contribution in [3.8, 4) is 0 Å². The number of hydrogen-bond donors (Lipinski definition) is 1. The molecular weight excluding hydrogens is 278 g/mol. The summed E-state index contributed by atoms with van der Waals surface area (Å²) in [6.45, 7) is 0.717. The molecule has 0 saturated heterocycles. The SMILES string of the molecule is O=C(NCC1(c2cccs2)CC1)c1ccc(Cl)cc1. The summed E-state index contributed by atoms with van der Waals surface area (Å²) in [5.74, 6) is -0.0282. The molecule has 1 saturated carbocycles. The fraction of sp³-hybridized carbons (Fsp3) is 0.267. The maximum Gasteiger partial charge on any atom is 0.251 e. The van der Waals surface area contributed by atoms with E-state index >= 15 is 0 Å². The molecule has 0 aliphatic heterocycles. The van der Waals surface area contributed by atoms with E-state index in [1.165, 1.54) is 4.88 Å². The van der Waals surface area contributed by atoms with E-state index in [1.807, 2.05) is 0 Å². The molecular formula is C15H14ClNOS. The van der Waals surface area contributed by atoms with Crippen molar-refractivity contribution in [1.82, 2.24) is 5.32 Å². The molecule has 0 bridgehead atoms. The zero-order valence-corrected chi connectivity index (χ0v) is 11.9. The second-order valence-corrected chi connectivity index (χ2v) is 6.33. The Morgan fingerprint density at radius 2 is 2.00 bits per heavy atom. The lowest BCUT2D eigenvalue weighted by molar-refractivity contribution is 0.0950. The van der Waals surface area contributed by atoms with Crippen molar-refractivity contribution >= 4 is 28.8 Å². The van der Waals surface area contributed by atoms with Gasteiger partial charge in [0, 0.05) is 27.4 Å². The van der Waals surface area contributed by atoms with Crippen molar-refractivity contribution in [3.63, 3.8) is 0 Å². The Kier molecular flexibility index (Phi) is 3.33. The number of carbonyl (C=O) groups is 1. The molecule has 1 fully saturated rings. The molecule has 0 unspecified atom stereocenters. The maximum atomic E-state index is 12.0. The smallest absolute Gasteiger partial charge is 0.251 e. The first-order valence-corrected chi connectivity index (χ1v) is 7.53. The molecule has 2 nitrogen and oxygen atoms in total. The van der Waals surface area contributed by atoms with Crippen molar-refractivity contribution in [2.45, 2.75) is 18.3 Å². The van der Waals surface area contributed by atoms with Crippen molar-refractivity contribution in [1.29, 1.82) is 0 Å². The minimum Gasteiger partial charge on any atom is -0.351 e. The first kappa shape index (κ1) is 12.7. The molecule has 0 radical (unpaired) electrons. The molecule has 19 heavy (non-hydrogen) atoms. The van der Waals surface area contributed by atoms with E-state index in [-0.39, 0.29) is 11.3 Å². The minimum atomic E-state index is -0.0282. The lowest BCUT2D eigenvalue weighted by atomic mass is 10.1. The third-order valence-corrected chi connectivity index (χ3v) is 4.96. The van der Waals surface area contributed by atoms with Gasteiger partial charge >= 0.3 is 0 Å². The molecule has 1 aromatic heterocycles. The summed E-state index contributed by atoms with van der Waals surface area (Å²) in [6.07, 6.45) is 2.32. The van der Waals surface area contributed by atoms with Gasteiger partial charge in [-0.15, -0.1) is 11.3 Å². The Labute approximate surface area is 121 Å². The Bertz CT molecular complexity index is 573. The van der Waals surface area contributed by atoms with Crippen LogP contribution in [-0.4, -0.2) is 12.5 Å². The van der Waals surface area contributed by atoms with Crippen LogP contribution in [0.4, 0.5) is 0 Å². The summed E-state index contributed by atoms with van der Waals surface area (Å²) in [4.78, 5) is 13.4. The van der Waals surface area contributed by atoms with Crippen LogP contribution < -0.4 is 5.32 Å². The average Bonchev–Trinajstić information content (AvgIpc) is 3.00. The van der Waals surface area contributed by atoms with Crippen molar-refractivity contribution < 1.29 is 4.79 Å². The van der Waals surface area contributed by atoms with Crippen molar-refractivity contribution in [2.75, 3.05) is 6.54 Å². The van der Waals surface area contributed by atoms with Crippen LogP contribution in [0.15, 0.2) is 41.8 Å². The van der Waals surface area contributed by atoms with Crippen LogP contribution in [0.1, 0.15) is 28.1 Å². The van der Waals surface area contributed by atoms with Gasteiger partial charge in [-0.2, -0.15) is 0 Å². The highest BCUT2D eigenvalue weighted by atomic mass is 35.5. The summed E-state index contributed by atoms with van der Waals surface area (Å²) in [5, 5.41) is 5.77. The largest absolute Gasteiger partial charge is 0.351 e. The van der Waals surface area contributed by atoms with Crippen LogP contribution in [0.3, 0.4) is 0 Å². The molecule has 0 atom stereocenters. The lowest BCUT2D eigenvalue weighted by Gasteiger charge is -2.14. The molecule has 3 rings (SSSR count). The van der Waals surface area contributed by atoms with Gasteiger partial charge in [-0.05, 0) is 48.6 Å². The summed E-state index contributed by atoms with van der Waals surface area (Å²) in [6, 6.07) is 11.2. The van der Waals surface area contributed by atoms with E-state index in [0.29, 0.717) is 10.6 Å². The minimum absolute atomic E-state index is 0.0282. The third-order valence-electron chi connectivity index (χ3n) is 3.59. The monoisotopic (exact) mass is 291 g/mol. The van der Waals surface area contributed by atoms with Gasteiger partial charge in [-0.1, -0.05) is 17.7 Å². The molecule has 1 aromatic carbocycles. The first-order chi connectivity index (χ1) is 9.20. The second-order valence-electron chi connectivity index (χ2n) is 4.95. The fourth-order valence-electron chi connectivity index (χ4n) is 2.19. The van der Waals surface area contributed by atoms with E-state index in [0.717, 1.165) is 19.4 Å². The summed E-state index contributed by atoms with van der Waals surface area (Å²) in [5.41, 5.74) is 0.849. The van der Waals surface area contributed by atoms with E-state index in [9.17, 15) is 4.79 Å². The highest BCUT2D eigenvalue weighted by Gasteiger charge is 2.45. The fourth-order valence-corrected chi connectivity index (χ4v) is 3.31. The van der Waals surface area contributed by atoms with Crippen LogP contribution in [0.25, 0.3) is 0 Å². The molecule has 1 N–H and O–H groups in total. The Balaban J connectivity index is 1.64. The van der Waals surface area contributed by atoms with Crippen LogP contribution in [0.5, 0.6) is 0 Å². The van der Waals surface area contributed by atoms with E-state index in [2.05, 4.69) is 22.8 Å². The molecule has 1 aliphatic carbocycles. The number of rotatable bonds is 4. The Morgan fingerprint density at radius 3 is 2.58 bits per heavy atom. The zero-order chi connectivity index (χ0) is 13.3. The summed E-state index contributed by atoms with van der Waals surface area (Å²) >= 11 is 7.59. The molecule has 2 aromatic rings. The number of amides is 1. The van der Waals surface area contributed by atoms with Gasteiger partial charge < -0.3 is 5.32 Å². The first-order valence-electron chi connectivity index (χ1n) is 6.27. The normalized spacial score (nSPS) is 16.1. The summed E-state index contributed by atoms with van der Waals surface area (Å²) < 4.78 is 0. The van der Waals surface area contributed by atoms with Gasteiger partial charge in [0.05, 0.1) is 0 Å². The highest BCUT2D eigenvalue weighted by Crippen LogP contribution is 2.49. The zero-order valence-electron chi connectivity index (χ0n) is 10.4. The predicted octanol–water partition coefficient (Wildman–Crippen LogP) is 3.86. The van der Waals surface area contributed by atoms with E-state index in [1.54, 1.807) is 35.6 Å². The quantitative estimate of drug-likeness (QED) is 0.910. The number of carbonyl (C=O) groups excluding carboxylic acids is 1. The van der Waals surface area contributed by atoms with Crippen molar-refractivity contribution in [2.24, 2.45) is 0 Å². The van der Waals surface area contributed by atoms with Crippen molar-refractivity contribution in [3.05, 3.63) is 57.2 Å². The van der Waals surface area contributed by atoms with Gasteiger partial charge in [0.1, 0.15) is 0 Å². The Morgan fingerprint density at radius 1 is 1.26 bits per heavy atom. The van der Waals surface area contributed by atoms with E-state index in [4.69, 9.17) is 11.6 Å². The Hall–Kier alpha value is -1.32. The third kappa shape index (κ3) is 2.67.